The van der Waals surface area contributed by atoms with Crippen molar-refractivity contribution in [2.75, 3.05) is 0 Å². The average molecular weight is 285 g/mol. The van der Waals surface area contributed by atoms with Crippen LogP contribution in [0.4, 0.5) is 0 Å². The standard InChI is InChI=1S/C19H15N3/c1-14-12-19-20-17(15-8-4-2-5-9-15)13-18(22(19)21-14)16-10-6-3-7-11-16/h2-13H,1H3. The third-order valence-corrected chi connectivity index (χ3v) is 3.69. The summed E-state index contributed by atoms with van der Waals surface area (Å²) in [7, 11) is 0. The molecule has 22 heavy (non-hydrogen) atoms. The summed E-state index contributed by atoms with van der Waals surface area (Å²) < 4.78 is 1.91. The van der Waals surface area contributed by atoms with Gasteiger partial charge in [-0.2, -0.15) is 5.10 Å². The van der Waals surface area contributed by atoms with Gasteiger partial charge in [-0.1, -0.05) is 60.7 Å². The number of nitrogens with zero attached hydrogens (tertiary/aromatic N) is 3. The predicted octanol–water partition coefficient (Wildman–Crippen LogP) is 4.37. The molecule has 0 bridgehead atoms. The number of rotatable bonds is 2. The van der Waals surface area contributed by atoms with Gasteiger partial charge in [-0.15, -0.1) is 0 Å². The van der Waals surface area contributed by atoms with Gasteiger partial charge in [0.05, 0.1) is 17.1 Å². The van der Waals surface area contributed by atoms with Gasteiger partial charge in [0, 0.05) is 17.2 Å². The van der Waals surface area contributed by atoms with Crippen molar-refractivity contribution in [3.05, 3.63) is 78.5 Å². The van der Waals surface area contributed by atoms with Crippen LogP contribution < -0.4 is 0 Å². The van der Waals surface area contributed by atoms with Crippen molar-refractivity contribution in [3.63, 3.8) is 0 Å². The van der Waals surface area contributed by atoms with Crippen molar-refractivity contribution >= 4 is 5.65 Å². The molecule has 0 radical (unpaired) electrons. The Hall–Kier alpha value is -2.94. The Kier molecular flexibility index (Phi) is 2.97. The highest BCUT2D eigenvalue weighted by atomic mass is 15.3. The van der Waals surface area contributed by atoms with E-state index < -0.39 is 0 Å². The van der Waals surface area contributed by atoms with Gasteiger partial charge in [0.1, 0.15) is 0 Å². The minimum absolute atomic E-state index is 0.873. The van der Waals surface area contributed by atoms with E-state index in [2.05, 4.69) is 35.4 Å². The molecule has 0 aliphatic rings. The zero-order valence-electron chi connectivity index (χ0n) is 12.3. The van der Waals surface area contributed by atoms with Crippen LogP contribution in [-0.2, 0) is 0 Å². The molecule has 0 unspecified atom stereocenters. The molecule has 4 rings (SSSR count). The molecule has 0 aliphatic heterocycles. The minimum Gasteiger partial charge on any atom is -0.228 e. The van der Waals surface area contributed by atoms with Crippen molar-refractivity contribution in [3.8, 4) is 22.5 Å². The first-order valence-corrected chi connectivity index (χ1v) is 7.29. The number of aryl methyl sites for hydroxylation is 1. The van der Waals surface area contributed by atoms with Crippen LogP contribution in [0.1, 0.15) is 5.69 Å². The molecule has 2 heterocycles. The Morgan fingerprint density at radius 2 is 1.41 bits per heavy atom. The number of hydrogen-bond acceptors (Lipinski definition) is 2. The van der Waals surface area contributed by atoms with E-state index in [0.29, 0.717) is 0 Å². The molecular weight excluding hydrogens is 270 g/mol. The molecule has 0 aliphatic carbocycles. The monoisotopic (exact) mass is 285 g/mol. The average Bonchev–Trinajstić information content (AvgIpc) is 2.95. The fraction of sp³-hybridized carbons (Fsp3) is 0.0526. The lowest BCUT2D eigenvalue weighted by molar-refractivity contribution is 0.926. The Bertz CT molecular complexity index is 925. The lowest BCUT2D eigenvalue weighted by Gasteiger charge is -2.08. The van der Waals surface area contributed by atoms with E-state index in [1.54, 1.807) is 0 Å². The van der Waals surface area contributed by atoms with E-state index in [1.807, 2.05) is 53.9 Å². The highest BCUT2D eigenvalue weighted by Gasteiger charge is 2.10. The lowest BCUT2D eigenvalue weighted by Crippen LogP contribution is -1.98. The van der Waals surface area contributed by atoms with Crippen LogP contribution in [0.2, 0.25) is 0 Å². The smallest absolute Gasteiger partial charge is 0.156 e. The number of hydrogen-bond donors (Lipinski definition) is 0. The largest absolute Gasteiger partial charge is 0.228 e. The summed E-state index contributed by atoms with van der Waals surface area (Å²) in [6.45, 7) is 1.99. The van der Waals surface area contributed by atoms with Gasteiger partial charge in [-0.3, -0.25) is 0 Å². The molecule has 2 aromatic heterocycles. The lowest BCUT2D eigenvalue weighted by atomic mass is 10.1. The minimum atomic E-state index is 0.873. The van der Waals surface area contributed by atoms with E-state index in [1.165, 1.54) is 0 Å². The van der Waals surface area contributed by atoms with Gasteiger partial charge in [0.15, 0.2) is 5.65 Å². The first-order valence-electron chi connectivity index (χ1n) is 7.29. The van der Waals surface area contributed by atoms with Gasteiger partial charge in [0.2, 0.25) is 0 Å². The zero-order valence-corrected chi connectivity index (χ0v) is 12.3. The van der Waals surface area contributed by atoms with Crippen molar-refractivity contribution in [2.24, 2.45) is 0 Å². The number of fused-ring (bicyclic) bond motifs is 1. The fourth-order valence-corrected chi connectivity index (χ4v) is 2.66. The fourth-order valence-electron chi connectivity index (χ4n) is 2.66. The molecule has 106 valence electrons. The van der Waals surface area contributed by atoms with E-state index in [4.69, 9.17) is 4.98 Å². The topological polar surface area (TPSA) is 30.2 Å². The first-order chi connectivity index (χ1) is 10.8. The second kappa shape index (κ2) is 5.11. The Balaban J connectivity index is 2.02. The summed E-state index contributed by atoms with van der Waals surface area (Å²) in [4.78, 5) is 4.75. The molecule has 0 amide bonds. The molecular formula is C19H15N3. The van der Waals surface area contributed by atoms with E-state index in [0.717, 1.165) is 33.9 Å². The summed E-state index contributed by atoms with van der Waals surface area (Å²) in [6, 6.07) is 24.7. The predicted molar refractivity (Wildman–Crippen MR) is 88.6 cm³/mol. The zero-order chi connectivity index (χ0) is 14.9. The highest BCUT2D eigenvalue weighted by molar-refractivity contribution is 5.71. The van der Waals surface area contributed by atoms with Crippen molar-refractivity contribution in [2.45, 2.75) is 6.92 Å². The molecule has 0 N–H and O–H groups in total. The van der Waals surface area contributed by atoms with Crippen molar-refractivity contribution in [1.82, 2.24) is 14.6 Å². The Labute approximate surface area is 128 Å². The summed E-state index contributed by atoms with van der Waals surface area (Å²) in [6.07, 6.45) is 0. The number of benzene rings is 2. The summed E-state index contributed by atoms with van der Waals surface area (Å²) in [5, 5.41) is 4.58. The molecule has 3 nitrogen and oxygen atoms in total. The van der Waals surface area contributed by atoms with Gasteiger partial charge in [-0.25, -0.2) is 9.50 Å². The second-order valence-electron chi connectivity index (χ2n) is 5.31. The molecule has 0 spiro atoms. The maximum atomic E-state index is 4.75. The molecule has 0 atom stereocenters. The highest BCUT2D eigenvalue weighted by Crippen LogP contribution is 2.26. The van der Waals surface area contributed by atoms with Crippen LogP contribution in [0.15, 0.2) is 72.8 Å². The molecule has 2 aromatic carbocycles. The Morgan fingerprint density at radius 3 is 2.09 bits per heavy atom. The van der Waals surface area contributed by atoms with Crippen LogP contribution in [0.25, 0.3) is 28.2 Å². The first kappa shape index (κ1) is 12.8. The third kappa shape index (κ3) is 2.17. The van der Waals surface area contributed by atoms with Crippen molar-refractivity contribution in [1.29, 1.82) is 0 Å². The van der Waals surface area contributed by atoms with Crippen LogP contribution in [0, 0.1) is 6.92 Å². The van der Waals surface area contributed by atoms with E-state index in [-0.39, 0.29) is 0 Å². The maximum absolute atomic E-state index is 4.75. The van der Waals surface area contributed by atoms with Gasteiger partial charge < -0.3 is 0 Å². The number of aromatic nitrogens is 3. The summed E-state index contributed by atoms with van der Waals surface area (Å²) in [5.41, 5.74) is 6.10. The quantitative estimate of drug-likeness (QED) is 0.547. The summed E-state index contributed by atoms with van der Waals surface area (Å²) >= 11 is 0. The van der Waals surface area contributed by atoms with Crippen LogP contribution in [0.3, 0.4) is 0 Å². The molecule has 0 saturated heterocycles. The van der Waals surface area contributed by atoms with Crippen LogP contribution >= 0.6 is 0 Å². The van der Waals surface area contributed by atoms with Crippen LogP contribution in [0.5, 0.6) is 0 Å². The molecule has 4 aromatic rings. The molecule has 0 saturated carbocycles. The maximum Gasteiger partial charge on any atom is 0.156 e. The Morgan fingerprint density at radius 1 is 0.773 bits per heavy atom. The summed E-state index contributed by atoms with van der Waals surface area (Å²) in [5.74, 6) is 0. The third-order valence-electron chi connectivity index (χ3n) is 3.69. The van der Waals surface area contributed by atoms with Gasteiger partial charge in [0.25, 0.3) is 0 Å². The van der Waals surface area contributed by atoms with Crippen LogP contribution in [-0.4, -0.2) is 14.6 Å². The SMILES string of the molecule is Cc1cc2nc(-c3ccccc3)cc(-c3ccccc3)n2n1. The van der Waals surface area contributed by atoms with Crippen molar-refractivity contribution < 1.29 is 0 Å². The molecule has 0 fully saturated rings. The normalized spacial score (nSPS) is 11.0. The van der Waals surface area contributed by atoms with Gasteiger partial charge >= 0.3 is 0 Å². The van der Waals surface area contributed by atoms with E-state index in [9.17, 15) is 0 Å². The van der Waals surface area contributed by atoms with Gasteiger partial charge in [-0.05, 0) is 13.0 Å². The second-order valence-corrected chi connectivity index (χ2v) is 5.31. The van der Waals surface area contributed by atoms with E-state index >= 15 is 0 Å². The molecule has 3 heteroatoms.